The number of halogens is 6. The van der Waals surface area contributed by atoms with Gasteiger partial charge in [-0.15, -0.1) is 24.0 Å². The van der Waals surface area contributed by atoms with Crippen molar-refractivity contribution in [1.29, 1.82) is 0 Å². The molecule has 1 aromatic heterocycles. The third kappa shape index (κ3) is 6.63. The van der Waals surface area contributed by atoms with Gasteiger partial charge in [-0.3, -0.25) is 4.57 Å². The zero-order valence-electron chi connectivity index (χ0n) is 15.4. The number of aliphatic imine (C=N–C) groups is 1. The van der Waals surface area contributed by atoms with Crippen LogP contribution in [0.25, 0.3) is 0 Å². The van der Waals surface area contributed by atoms with Crippen LogP contribution in [0.5, 0.6) is 0 Å². The Hall–Kier alpha value is -1.23. The first kappa shape index (κ1) is 25.8. The van der Waals surface area contributed by atoms with Gasteiger partial charge in [-0.05, 0) is 19.8 Å². The van der Waals surface area contributed by atoms with Crippen LogP contribution in [0.15, 0.2) is 17.4 Å². The Labute approximate surface area is 182 Å². The predicted molar refractivity (Wildman–Crippen MR) is 106 cm³/mol. The second-order valence-electron chi connectivity index (χ2n) is 5.99. The largest absolute Gasteiger partial charge is 0.511 e. The average Bonchev–Trinajstić information content (AvgIpc) is 3.08. The van der Waals surface area contributed by atoms with E-state index in [0.717, 1.165) is 6.20 Å². The van der Waals surface area contributed by atoms with Crippen LogP contribution < -0.4 is 10.6 Å². The number of aromatic nitrogens is 2. The van der Waals surface area contributed by atoms with Crippen LogP contribution in [0, 0.1) is 0 Å². The predicted octanol–water partition coefficient (Wildman–Crippen LogP) is 2.27. The van der Waals surface area contributed by atoms with Crippen LogP contribution in [0.4, 0.5) is 22.0 Å². The van der Waals surface area contributed by atoms with Gasteiger partial charge in [0.15, 0.2) is 5.96 Å². The van der Waals surface area contributed by atoms with Crippen molar-refractivity contribution in [3.05, 3.63) is 18.2 Å². The molecule has 0 atom stereocenters. The molecule has 1 aliphatic rings. The number of nitrogens with one attached hydrogen (secondary N) is 2. The summed E-state index contributed by atoms with van der Waals surface area (Å²) >= 11 is 0. The number of alkyl halides is 5. The normalized spacial score (nSPS) is 17.3. The molecule has 8 nitrogen and oxygen atoms in total. The molecule has 0 aliphatic carbocycles. The number of nitrogens with zero attached hydrogens (tertiary/aromatic N) is 4. The van der Waals surface area contributed by atoms with Crippen LogP contribution in [0.3, 0.4) is 0 Å². The number of piperidine rings is 1. The molecular weight excluding hydrogens is 538 g/mol. The lowest BCUT2D eigenvalue weighted by atomic mass is 10.1. The summed E-state index contributed by atoms with van der Waals surface area (Å²) in [6, 6.07) is -0.313. The minimum atomic E-state index is -5.34. The van der Waals surface area contributed by atoms with E-state index in [4.69, 9.17) is 0 Å². The van der Waals surface area contributed by atoms with E-state index in [0.29, 0.717) is 15.4 Å². The molecule has 2 heterocycles. The Morgan fingerprint density at radius 2 is 1.97 bits per heavy atom. The number of sulfonamides is 1. The number of rotatable bonds is 6. The van der Waals surface area contributed by atoms with Crippen molar-refractivity contribution in [2.24, 2.45) is 4.99 Å². The van der Waals surface area contributed by atoms with Crippen LogP contribution in [-0.4, -0.2) is 59.4 Å². The molecule has 2 N–H and O–H groups in total. The average molecular weight is 560 g/mol. The highest BCUT2D eigenvalue weighted by molar-refractivity contribution is 14.0. The van der Waals surface area contributed by atoms with Crippen molar-refractivity contribution in [3.8, 4) is 0 Å². The number of hydrogen-bond acceptors (Lipinski definition) is 4. The maximum atomic E-state index is 12.8. The minimum absolute atomic E-state index is 0. The van der Waals surface area contributed by atoms with Gasteiger partial charge in [-0.1, -0.05) is 0 Å². The molecule has 0 unspecified atom stereocenters. The highest BCUT2D eigenvalue weighted by Gasteiger charge is 2.50. The van der Waals surface area contributed by atoms with Gasteiger partial charge in [0.1, 0.15) is 12.4 Å². The molecule has 0 spiro atoms. The van der Waals surface area contributed by atoms with E-state index in [-0.39, 0.29) is 74.3 Å². The number of hydrogen-bond donors (Lipinski definition) is 2. The van der Waals surface area contributed by atoms with E-state index in [1.807, 2.05) is 0 Å². The van der Waals surface area contributed by atoms with Crippen molar-refractivity contribution >= 4 is 40.0 Å². The van der Waals surface area contributed by atoms with Crippen molar-refractivity contribution in [3.63, 3.8) is 0 Å². The van der Waals surface area contributed by atoms with Gasteiger partial charge in [0, 0.05) is 38.1 Å². The molecule has 1 saturated heterocycles. The van der Waals surface area contributed by atoms with Crippen molar-refractivity contribution in [2.75, 3.05) is 19.6 Å². The summed E-state index contributed by atoms with van der Waals surface area (Å²) in [5.41, 5.74) is -5.32. The summed E-state index contributed by atoms with van der Waals surface area (Å²) < 4.78 is 87.5. The summed E-state index contributed by atoms with van der Waals surface area (Å²) in [4.78, 5) is 7.98. The molecule has 1 aromatic rings. The summed E-state index contributed by atoms with van der Waals surface area (Å²) in [5.74, 6) is 0.335. The van der Waals surface area contributed by atoms with Crippen LogP contribution in [0.2, 0.25) is 0 Å². The fourth-order valence-electron chi connectivity index (χ4n) is 2.69. The smallest absolute Gasteiger partial charge is 0.357 e. The first-order valence-electron chi connectivity index (χ1n) is 8.47. The van der Waals surface area contributed by atoms with Crippen LogP contribution in [0.1, 0.15) is 32.1 Å². The molecule has 0 bridgehead atoms. The Morgan fingerprint density at radius 3 is 2.48 bits per heavy atom. The third-order valence-electron chi connectivity index (χ3n) is 4.11. The molecule has 15 heteroatoms. The quantitative estimate of drug-likeness (QED) is 0.241. The van der Waals surface area contributed by atoms with Crippen molar-refractivity contribution < 1.29 is 30.4 Å². The summed E-state index contributed by atoms with van der Waals surface area (Å²) in [6.07, 6.45) is 2.65. The zero-order valence-corrected chi connectivity index (χ0v) is 18.5. The van der Waals surface area contributed by atoms with Crippen molar-refractivity contribution in [1.82, 2.24) is 24.5 Å². The standard InChI is InChI=1S/C14H21F5N6O2S.HI/c1-2-20-13(22-9-11-21-5-8-25(11)12(15)16)23-10-3-6-24(7-4-10)28(26,27)14(17,18)19;/h5,8,10,12H,2-4,6-7,9H2,1H3,(H2,20,22,23);1H. The Morgan fingerprint density at radius 1 is 1.34 bits per heavy atom. The summed E-state index contributed by atoms with van der Waals surface area (Å²) in [5, 5.41) is 5.90. The lowest BCUT2D eigenvalue weighted by molar-refractivity contribution is -0.0494. The topological polar surface area (TPSA) is 91.6 Å². The third-order valence-corrected chi connectivity index (χ3v) is 5.74. The molecule has 2 rings (SSSR count). The van der Waals surface area contributed by atoms with Crippen molar-refractivity contribution in [2.45, 2.75) is 44.4 Å². The molecule has 1 fully saturated rings. The van der Waals surface area contributed by atoms with Gasteiger partial charge in [0.05, 0.1) is 0 Å². The molecule has 29 heavy (non-hydrogen) atoms. The number of guanidine groups is 1. The van der Waals surface area contributed by atoms with Crippen LogP contribution in [-0.2, 0) is 16.6 Å². The molecular formula is C14H22F5IN6O2S. The SMILES string of the molecule is CCNC(=NCc1nccn1C(F)F)NC1CCN(S(=O)(=O)C(F)(F)F)CC1.I. The van der Waals surface area contributed by atoms with Gasteiger partial charge in [0.25, 0.3) is 0 Å². The van der Waals surface area contributed by atoms with Gasteiger partial charge in [-0.25, -0.2) is 18.4 Å². The van der Waals surface area contributed by atoms with E-state index in [2.05, 4.69) is 20.6 Å². The first-order valence-corrected chi connectivity index (χ1v) is 9.91. The Bertz CT molecular complexity index is 778. The second kappa shape index (κ2) is 10.7. The lowest BCUT2D eigenvalue weighted by Crippen LogP contribution is -2.51. The molecule has 1 aliphatic heterocycles. The fraction of sp³-hybridized carbons (Fsp3) is 0.714. The summed E-state index contributed by atoms with van der Waals surface area (Å²) in [6.45, 7) is -1.19. The van der Waals surface area contributed by atoms with Crippen LogP contribution >= 0.6 is 24.0 Å². The number of imidazole rings is 1. The van der Waals surface area contributed by atoms with Gasteiger partial charge < -0.3 is 10.6 Å². The molecule has 0 saturated carbocycles. The highest BCUT2D eigenvalue weighted by Crippen LogP contribution is 2.28. The monoisotopic (exact) mass is 560 g/mol. The molecule has 0 aromatic carbocycles. The van der Waals surface area contributed by atoms with Gasteiger partial charge in [-0.2, -0.15) is 26.3 Å². The lowest BCUT2D eigenvalue weighted by Gasteiger charge is -2.32. The van der Waals surface area contributed by atoms with Gasteiger partial charge >= 0.3 is 22.1 Å². The Balaban J connectivity index is 0.00000420. The van der Waals surface area contributed by atoms with E-state index in [1.165, 1.54) is 6.20 Å². The second-order valence-corrected chi connectivity index (χ2v) is 7.92. The summed E-state index contributed by atoms with van der Waals surface area (Å²) in [7, 11) is -5.34. The fourth-order valence-corrected chi connectivity index (χ4v) is 3.68. The van der Waals surface area contributed by atoms with E-state index < -0.39 is 22.1 Å². The van der Waals surface area contributed by atoms with Gasteiger partial charge in [0.2, 0.25) is 0 Å². The molecule has 168 valence electrons. The Kier molecular flexibility index (Phi) is 9.52. The first-order chi connectivity index (χ1) is 13.1. The van der Waals surface area contributed by atoms with E-state index in [9.17, 15) is 30.4 Å². The molecule has 0 amide bonds. The highest BCUT2D eigenvalue weighted by atomic mass is 127. The minimum Gasteiger partial charge on any atom is -0.357 e. The zero-order chi connectivity index (χ0) is 20.9. The maximum absolute atomic E-state index is 12.8. The van der Waals surface area contributed by atoms with E-state index >= 15 is 0 Å². The molecule has 0 radical (unpaired) electrons. The van der Waals surface area contributed by atoms with E-state index in [1.54, 1.807) is 6.92 Å². The maximum Gasteiger partial charge on any atom is 0.511 e.